The molecule has 0 spiro atoms. The van der Waals surface area contributed by atoms with Gasteiger partial charge in [-0.3, -0.25) is 0 Å². The van der Waals surface area contributed by atoms with Crippen molar-refractivity contribution in [1.29, 1.82) is 0 Å². The van der Waals surface area contributed by atoms with E-state index in [0.29, 0.717) is 28.6 Å². The molecule has 0 aliphatic rings. The molecular formula is C47H29N3O2. The number of benzene rings is 8. The number of aromatic nitrogens is 3. The molecule has 0 saturated carbocycles. The zero-order valence-corrected chi connectivity index (χ0v) is 27.9. The number of fused-ring (bicyclic) bond motifs is 6. The Morgan fingerprint density at radius 3 is 1.88 bits per heavy atom. The van der Waals surface area contributed by atoms with Crippen molar-refractivity contribution in [2.24, 2.45) is 0 Å². The summed E-state index contributed by atoms with van der Waals surface area (Å²) in [6, 6.07) is 57.0. The first-order chi connectivity index (χ1) is 25.7. The number of phenols is 1. The number of rotatable bonds is 5. The first-order valence-corrected chi connectivity index (χ1v) is 17.3. The Bertz CT molecular complexity index is 2990. The highest BCUT2D eigenvalue weighted by molar-refractivity contribution is 6.14. The molecular weight excluding hydrogens is 639 g/mol. The molecule has 0 bridgehead atoms. The second-order valence-electron chi connectivity index (χ2n) is 12.9. The molecule has 8 aromatic carbocycles. The van der Waals surface area contributed by atoms with E-state index in [2.05, 4.69) is 72.8 Å². The van der Waals surface area contributed by atoms with Crippen molar-refractivity contribution in [1.82, 2.24) is 15.0 Å². The van der Waals surface area contributed by atoms with Crippen molar-refractivity contribution < 1.29 is 9.52 Å². The van der Waals surface area contributed by atoms with Gasteiger partial charge in [0.25, 0.3) is 0 Å². The maximum absolute atomic E-state index is 11.7. The van der Waals surface area contributed by atoms with E-state index in [-0.39, 0.29) is 5.75 Å². The van der Waals surface area contributed by atoms with Crippen molar-refractivity contribution >= 4 is 43.5 Å². The summed E-state index contributed by atoms with van der Waals surface area (Å²) in [6.45, 7) is 0. The van der Waals surface area contributed by atoms with Crippen LogP contribution in [0.3, 0.4) is 0 Å². The maximum Gasteiger partial charge on any atom is 0.164 e. The summed E-state index contributed by atoms with van der Waals surface area (Å²) in [5.74, 6) is 1.71. The lowest BCUT2D eigenvalue weighted by atomic mass is 9.89. The Balaban J connectivity index is 1.19. The van der Waals surface area contributed by atoms with Crippen LogP contribution in [0.5, 0.6) is 5.75 Å². The lowest BCUT2D eigenvalue weighted by Crippen LogP contribution is -2.01. The number of phenolic OH excluding ortho intramolecular Hbond substituents is 1. The zero-order valence-electron chi connectivity index (χ0n) is 27.9. The summed E-state index contributed by atoms with van der Waals surface area (Å²) in [7, 11) is 0. The van der Waals surface area contributed by atoms with Crippen LogP contribution in [0.25, 0.3) is 99.9 Å². The Morgan fingerprint density at radius 1 is 0.385 bits per heavy atom. The third-order valence-corrected chi connectivity index (χ3v) is 9.84. The van der Waals surface area contributed by atoms with E-state index in [1.54, 1.807) is 6.07 Å². The first kappa shape index (κ1) is 29.8. The summed E-state index contributed by atoms with van der Waals surface area (Å²) >= 11 is 0. The topological polar surface area (TPSA) is 72.0 Å². The predicted octanol–water partition coefficient (Wildman–Crippen LogP) is 12.1. The van der Waals surface area contributed by atoms with E-state index in [1.165, 1.54) is 16.2 Å². The van der Waals surface area contributed by atoms with Crippen LogP contribution in [0.15, 0.2) is 174 Å². The molecule has 1 N–H and O–H groups in total. The fourth-order valence-electron chi connectivity index (χ4n) is 7.44. The molecule has 0 atom stereocenters. The molecule has 5 heteroatoms. The van der Waals surface area contributed by atoms with Crippen LogP contribution in [-0.4, -0.2) is 20.1 Å². The van der Waals surface area contributed by atoms with Crippen LogP contribution >= 0.6 is 0 Å². The fraction of sp³-hybridized carbons (Fsp3) is 0. The number of hydrogen-bond acceptors (Lipinski definition) is 5. The summed E-state index contributed by atoms with van der Waals surface area (Å²) < 4.78 is 6.26. The number of para-hydroxylation sites is 1. The molecule has 10 aromatic rings. The van der Waals surface area contributed by atoms with Gasteiger partial charge in [-0.25, -0.2) is 15.0 Å². The molecule has 10 rings (SSSR count). The average molecular weight is 668 g/mol. The molecule has 2 heterocycles. The smallest absolute Gasteiger partial charge is 0.164 e. The van der Waals surface area contributed by atoms with E-state index >= 15 is 0 Å². The lowest BCUT2D eigenvalue weighted by molar-refractivity contribution is 0.477. The minimum absolute atomic E-state index is 0.134. The van der Waals surface area contributed by atoms with Gasteiger partial charge >= 0.3 is 0 Å². The predicted molar refractivity (Wildman–Crippen MR) is 211 cm³/mol. The Kier molecular flexibility index (Phi) is 6.89. The summed E-state index contributed by atoms with van der Waals surface area (Å²) in [5.41, 5.74) is 7.56. The van der Waals surface area contributed by atoms with Crippen molar-refractivity contribution in [3.8, 4) is 62.2 Å². The van der Waals surface area contributed by atoms with E-state index in [4.69, 9.17) is 19.4 Å². The van der Waals surface area contributed by atoms with E-state index in [1.807, 2.05) is 91.0 Å². The molecule has 0 aliphatic heterocycles. The van der Waals surface area contributed by atoms with Crippen molar-refractivity contribution in [3.63, 3.8) is 0 Å². The van der Waals surface area contributed by atoms with E-state index in [9.17, 15) is 5.11 Å². The van der Waals surface area contributed by atoms with Crippen LogP contribution in [0, 0.1) is 0 Å². The van der Waals surface area contributed by atoms with Gasteiger partial charge in [-0.2, -0.15) is 0 Å². The number of nitrogens with zero attached hydrogens (tertiary/aromatic N) is 3. The van der Waals surface area contributed by atoms with Gasteiger partial charge < -0.3 is 9.52 Å². The average Bonchev–Trinajstić information content (AvgIpc) is 3.60. The Hall–Kier alpha value is -7.11. The molecule has 0 saturated heterocycles. The van der Waals surface area contributed by atoms with Gasteiger partial charge in [-0.15, -0.1) is 0 Å². The van der Waals surface area contributed by atoms with Gasteiger partial charge in [0.2, 0.25) is 0 Å². The van der Waals surface area contributed by atoms with E-state index < -0.39 is 0 Å². The minimum atomic E-state index is 0.134. The van der Waals surface area contributed by atoms with Gasteiger partial charge in [-0.1, -0.05) is 146 Å². The van der Waals surface area contributed by atoms with Crippen LogP contribution in [0.1, 0.15) is 0 Å². The lowest BCUT2D eigenvalue weighted by Gasteiger charge is -2.17. The van der Waals surface area contributed by atoms with Gasteiger partial charge in [0, 0.05) is 33.0 Å². The van der Waals surface area contributed by atoms with Crippen LogP contribution < -0.4 is 0 Å². The van der Waals surface area contributed by atoms with Gasteiger partial charge in [-0.05, 0) is 62.5 Å². The maximum atomic E-state index is 11.7. The Labute approximate surface area is 299 Å². The molecule has 0 fully saturated rings. The van der Waals surface area contributed by atoms with Gasteiger partial charge in [0.15, 0.2) is 17.5 Å². The van der Waals surface area contributed by atoms with Crippen LogP contribution in [0.2, 0.25) is 0 Å². The van der Waals surface area contributed by atoms with Crippen molar-refractivity contribution in [3.05, 3.63) is 170 Å². The van der Waals surface area contributed by atoms with Crippen LogP contribution in [0.4, 0.5) is 0 Å². The first-order valence-electron chi connectivity index (χ1n) is 17.3. The Morgan fingerprint density at radius 2 is 1.00 bits per heavy atom. The van der Waals surface area contributed by atoms with Crippen molar-refractivity contribution in [2.75, 3.05) is 0 Å². The largest absolute Gasteiger partial charge is 0.507 e. The molecule has 0 aliphatic carbocycles. The minimum Gasteiger partial charge on any atom is -0.507 e. The fourth-order valence-corrected chi connectivity index (χ4v) is 7.44. The summed E-state index contributed by atoms with van der Waals surface area (Å²) in [4.78, 5) is 15.2. The standard InChI is InChI=1S/C47H29N3O2/c51-40-21-10-20-39(43(40)36-17-7-6-16-35(36)37-19-11-23-42-44(37)38-18-8-9-22-41(38)52-42)47-49-45(30-13-2-1-3-14-30)48-46(50-47)32-26-27-34-31(28-32)25-24-29-12-4-5-15-33(29)34/h1-28,51H. The molecule has 5 nitrogen and oxygen atoms in total. The highest BCUT2D eigenvalue weighted by atomic mass is 16.3. The quantitative estimate of drug-likeness (QED) is 0.185. The summed E-state index contributed by atoms with van der Waals surface area (Å²) in [5, 5.41) is 18.5. The number of hydrogen-bond donors (Lipinski definition) is 1. The monoisotopic (exact) mass is 667 g/mol. The number of furan rings is 1. The van der Waals surface area contributed by atoms with Crippen LogP contribution in [-0.2, 0) is 0 Å². The third-order valence-electron chi connectivity index (χ3n) is 9.84. The summed E-state index contributed by atoms with van der Waals surface area (Å²) in [6.07, 6.45) is 0. The van der Waals surface area contributed by atoms with Crippen molar-refractivity contribution in [2.45, 2.75) is 0 Å². The molecule has 244 valence electrons. The molecule has 2 aromatic heterocycles. The second-order valence-corrected chi connectivity index (χ2v) is 12.9. The third kappa shape index (κ3) is 4.90. The highest BCUT2D eigenvalue weighted by Gasteiger charge is 2.22. The normalized spacial score (nSPS) is 11.5. The zero-order chi connectivity index (χ0) is 34.6. The van der Waals surface area contributed by atoms with Gasteiger partial charge in [0.05, 0.1) is 0 Å². The highest BCUT2D eigenvalue weighted by Crippen LogP contribution is 2.45. The molecule has 0 unspecified atom stereocenters. The number of aromatic hydroxyl groups is 1. The van der Waals surface area contributed by atoms with E-state index in [0.717, 1.165) is 55.1 Å². The molecule has 0 amide bonds. The SMILES string of the molecule is Oc1cccc(-c2nc(-c3ccccc3)nc(-c3ccc4c(ccc5ccccc54)c3)n2)c1-c1ccccc1-c1cccc2oc3ccccc3c12. The van der Waals surface area contributed by atoms with Gasteiger partial charge in [0.1, 0.15) is 16.9 Å². The molecule has 52 heavy (non-hydrogen) atoms. The molecule has 0 radical (unpaired) electrons. The second kappa shape index (κ2) is 12.0.